The largest absolute Gasteiger partial charge is 0.381 e. The maximum Gasteiger partial charge on any atom is 0.232 e. The lowest BCUT2D eigenvalue weighted by atomic mass is 9.79. The Kier molecular flexibility index (Phi) is 6.79. The number of thioether (sulfide) groups is 1. The molecule has 0 atom stereocenters. The Bertz CT molecular complexity index is 567. The molecule has 0 spiro atoms. The van der Waals surface area contributed by atoms with E-state index >= 15 is 0 Å². The molecule has 1 aromatic carbocycles. The van der Waals surface area contributed by atoms with Gasteiger partial charge in [0.15, 0.2) is 0 Å². The van der Waals surface area contributed by atoms with Crippen LogP contribution >= 0.6 is 11.8 Å². The molecule has 25 heavy (non-hydrogen) atoms. The van der Waals surface area contributed by atoms with Gasteiger partial charge in [0.1, 0.15) is 0 Å². The number of anilines is 1. The van der Waals surface area contributed by atoms with Crippen molar-refractivity contribution in [2.45, 2.75) is 55.9 Å². The van der Waals surface area contributed by atoms with E-state index in [4.69, 9.17) is 10.5 Å². The van der Waals surface area contributed by atoms with E-state index in [-0.39, 0.29) is 5.91 Å². The van der Waals surface area contributed by atoms with Gasteiger partial charge in [-0.15, -0.1) is 0 Å². The molecule has 3 N–H and O–H groups in total. The molecule has 0 aromatic heterocycles. The molecule has 1 saturated heterocycles. The molecular weight excluding hydrogens is 332 g/mol. The quantitative estimate of drug-likeness (QED) is 0.804. The van der Waals surface area contributed by atoms with E-state index < -0.39 is 5.41 Å². The molecule has 3 rings (SSSR count). The molecule has 1 aliphatic heterocycles. The van der Waals surface area contributed by atoms with Crippen molar-refractivity contribution in [3.05, 3.63) is 29.8 Å². The summed E-state index contributed by atoms with van der Waals surface area (Å²) in [4.78, 5) is 12.8. The van der Waals surface area contributed by atoms with E-state index in [1.165, 1.54) is 37.7 Å². The first-order valence-electron chi connectivity index (χ1n) is 9.52. The number of hydrogen-bond donors (Lipinski definition) is 2. The van der Waals surface area contributed by atoms with Crippen molar-refractivity contribution in [2.75, 3.05) is 25.1 Å². The summed E-state index contributed by atoms with van der Waals surface area (Å²) < 4.78 is 5.40. The Morgan fingerprint density at radius 2 is 2.00 bits per heavy atom. The average molecular weight is 363 g/mol. The van der Waals surface area contributed by atoms with Gasteiger partial charge in [-0.05, 0) is 43.4 Å². The number of nitrogens with two attached hydrogens (primary N) is 1. The first kappa shape index (κ1) is 18.7. The maximum absolute atomic E-state index is 12.8. The number of carbonyl (C=O) groups is 1. The predicted octanol–water partition coefficient (Wildman–Crippen LogP) is 3.95. The summed E-state index contributed by atoms with van der Waals surface area (Å²) in [6, 6.07) is 8.26. The summed E-state index contributed by atoms with van der Waals surface area (Å²) in [5, 5.41) is 3.90. The molecule has 0 unspecified atom stereocenters. The summed E-state index contributed by atoms with van der Waals surface area (Å²) in [6.07, 6.45) is 8.24. The third kappa shape index (κ3) is 4.99. The minimum atomic E-state index is -0.481. The molecular formula is C20H30N2O2S. The highest BCUT2D eigenvalue weighted by Crippen LogP contribution is 2.32. The van der Waals surface area contributed by atoms with Crippen molar-refractivity contribution < 1.29 is 9.53 Å². The van der Waals surface area contributed by atoms with E-state index in [0.717, 1.165) is 16.7 Å². The second-order valence-electron chi connectivity index (χ2n) is 7.32. The summed E-state index contributed by atoms with van der Waals surface area (Å²) >= 11 is 2.06. The zero-order chi connectivity index (χ0) is 17.5. The minimum absolute atomic E-state index is 0.0374. The standard InChI is InChI=1S/C20H30N2O2S/c21-15-20(9-11-24-12-10-20)19(23)22-17-6-4-5-16(13-17)14-25-18-7-2-1-3-8-18/h4-6,13,18H,1-3,7-12,14-15,21H2,(H,22,23). The van der Waals surface area contributed by atoms with Gasteiger partial charge in [0, 0.05) is 36.4 Å². The van der Waals surface area contributed by atoms with Gasteiger partial charge in [-0.2, -0.15) is 11.8 Å². The topological polar surface area (TPSA) is 64.4 Å². The Hall–Kier alpha value is -1.04. The van der Waals surface area contributed by atoms with E-state index in [0.29, 0.717) is 32.6 Å². The molecule has 2 fully saturated rings. The van der Waals surface area contributed by atoms with Crippen LogP contribution in [0.25, 0.3) is 0 Å². The zero-order valence-electron chi connectivity index (χ0n) is 15.0. The van der Waals surface area contributed by atoms with Crippen molar-refractivity contribution in [3.63, 3.8) is 0 Å². The van der Waals surface area contributed by atoms with Gasteiger partial charge in [0.25, 0.3) is 0 Å². The molecule has 5 heteroatoms. The number of amides is 1. The Morgan fingerprint density at radius 1 is 1.24 bits per heavy atom. The van der Waals surface area contributed by atoms with Crippen molar-refractivity contribution in [1.82, 2.24) is 0 Å². The molecule has 2 aliphatic rings. The van der Waals surface area contributed by atoms with Crippen LogP contribution in [-0.2, 0) is 15.3 Å². The third-order valence-corrected chi connectivity index (χ3v) is 6.99. The second-order valence-corrected chi connectivity index (χ2v) is 8.61. The molecule has 0 radical (unpaired) electrons. The zero-order valence-corrected chi connectivity index (χ0v) is 15.8. The highest BCUT2D eigenvalue weighted by Gasteiger charge is 2.38. The molecule has 4 nitrogen and oxygen atoms in total. The van der Waals surface area contributed by atoms with E-state index in [9.17, 15) is 4.79 Å². The number of hydrogen-bond acceptors (Lipinski definition) is 4. The van der Waals surface area contributed by atoms with E-state index in [1.807, 2.05) is 12.1 Å². The second kappa shape index (κ2) is 9.06. The fourth-order valence-corrected chi connectivity index (χ4v) is 5.01. The van der Waals surface area contributed by atoms with Crippen LogP contribution in [0.4, 0.5) is 5.69 Å². The fraction of sp³-hybridized carbons (Fsp3) is 0.650. The normalized spacial score (nSPS) is 21.0. The van der Waals surface area contributed by atoms with Crippen LogP contribution in [0.1, 0.15) is 50.5 Å². The van der Waals surface area contributed by atoms with Crippen molar-refractivity contribution in [1.29, 1.82) is 0 Å². The Morgan fingerprint density at radius 3 is 2.72 bits per heavy atom. The molecule has 1 heterocycles. The molecule has 1 aromatic rings. The van der Waals surface area contributed by atoms with Crippen LogP contribution in [-0.4, -0.2) is 30.9 Å². The minimum Gasteiger partial charge on any atom is -0.381 e. The number of rotatable bonds is 6. The van der Waals surface area contributed by atoms with Gasteiger partial charge in [-0.3, -0.25) is 4.79 Å². The molecule has 1 saturated carbocycles. The monoisotopic (exact) mass is 362 g/mol. The average Bonchev–Trinajstić information content (AvgIpc) is 2.68. The fourth-order valence-electron chi connectivity index (χ4n) is 3.73. The lowest BCUT2D eigenvalue weighted by Gasteiger charge is -2.34. The number of nitrogens with one attached hydrogen (secondary N) is 1. The van der Waals surface area contributed by atoms with Gasteiger partial charge in [-0.25, -0.2) is 0 Å². The van der Waals surface area contributed by atoms with Crippen LogP contribution in [0.3, 0.4) is 0 Å². The van der Waals surface area contributed by atoms with E-state index in [2.05, 4.69) is 29.2 Å². The van der Waals surface area contributed by atoms with Gasteiger partial charge in [0.2, 0.25) is 5.91 Å². The van der Waals surface area contributed by atoms with Gasteiger partial charge in [0.05, 0.1) is 5.41 Å². The maximum atomic E-state index is 12.8. The summed E-state index contributed by atoms with van der Waals surface area (Å²) in [7, 11) is 0. The van der Waals surface area contributed by atoms with Crippen molar-refractivity contribution in [2.24, 2.45) is 11.1 Å². The summed E-state index contributed by atoms with van der Waals surface area (Å²) in [5.41, 5.74) is 7.61. The first-order chi connectivity index (χ1) is 12.2. The van der Waals surface area contributed by atoms with Crippen LogP contribution in [0.2, 0.25) is 0 Å². The number of benzene rings is 1. The first-order valence-corrected chi connectivity index (χ1v) is 10.6. The number of ether oxygens (including phenoxy) is 1. The van der Waals surface area contributed by atoms with Gasteiger partial charge in [-0.1, -0.05) is 31.4 Å². The summed E-state index contributed by atoms with van der Waals surface area (Å²) in [5.74, 6) is 1.06. The van der Waals surface area contributed by atoms with Crippen molar-refractivity contribution >= 4 is 23.4 Å². The van der Waals surface area contributed by atoms with Crippen LogP contribution < -0.4 is 11.1 Å². The lowest BCUT2D eigenvalue weighted by Crippen LogP contribution is -2.46. The molecule has 1 amide bonds. The van der Waals surface area contributed by atoms with Crippen LogP contribution in [0.5, 0.6) is 0 Å². The third-order valence-electron chi connectivity index (χ3n) is 5.55. The highest BCUT2D eigenvalue weighted by atomic mass is 32.2. The summed E-state index contributed by atoms with van der Waals surface area (Å²) in [6.45, 7) is 1.60. The Balaban J connectivity index is 1.57. The van der Waals surface area contributed by atoms with Crippen LogP contribution in [0, 0.1) is 5.41 Å². The predicted molar refractivity (Wildman–Crippen MR) is 105 cm³/mol. The van der Waals surface area contributed by atoms with Crippen molar-refractivity contribution in [3.8, 4) is 0 Å². The SMILES string of the molecule is NCC1(C(=O)Nc2cccc(CSC3CCCCC3)c2)CCOCC1. The van der Waals surface area contributed by atoms with E-state index in [1.54, 1.807) is 0 Å². The number of carbonyl (C=O) groups excluding carboxylic acids is 1. The molecule has 138 valence electrons. The highest BCUT2D eigenvalue weighted by molar-refractivity contribution is 7.99. The molecule has 0 bridgehead atoms. The smallest absolute Gasteiger partial charge is 0.232 e. The van der Waals surface area contributed by atoms with Crippen LogP contribution in [0.15, 0.2) is 24.3 Å². The molecule has 1 aliphatic carbocycles. The Labute approximate surface area is 155 Å². The van der Waals surface area contributed by atoms with Gasteiger partial charge < -0.3 is 15.8 Å². The lowest BCUT2D eigenvalue weighted by molar-refractivity contribution is -0.130. The van der Waals surface area contributed by atoms with Gasteiger partial charge >= 0.3 is 0 Å².